The maximum atomic E-state index is 12.1. The maximum absolute atomic E-state index is 12.1. The maximum Gasteiger partial charge on any atom is 0.339 e. The first-order valence-corrected chi connectivity index (χ1v) is 6.64. The monoisotopic (exact) mass is 318 g/mol. The molecular weight excluding hydrogens is 304 g/mol. The number of methoxy groups -OCH3 is 1. The molecule has 1 aromatic carbocycles. The number of rotatable bonds is 5. The van der Waals surface area contributed by atoms with E-state index >= 15 is 0 Å². The molecule has 1 aromatic heterocycles. The minimum Gasteiger partial charge on any atom is -0.468 e. The van der Waals surface area contributed by atoms with Gasteiger partial charge in [-0.05, 0) is 6.07 Å². The number of aromatic nitrogens is 1. The summed E-state index contributed by atoms with van der Waals surface area (Å²) in [7, 11) is 1.19. The van der Waals surface area contributed by atoms with E-state index in [4.69, 9.17) is 4.74 Å². The molecule has 1 heterocycles. The SMILES string of the molecule is COC(=O)CNC(=O)COC(=O)c1cc(=O)[nH]c2ccccc12. The molecule has 0 saturated carbocycles. The van der Waals surface area contributed by atoms with Gasteiger partial charge in [0, 0.05) is 17.0 Å². The number of nitrogens with one attached hydrogen (secondary N) is 2. The van der Waals surface area contributed by atoms with Gasteiger partial charge in [-0.2, -0.15) is 0 Å². The van der Waals surface area contributed by atoms with Crippen molar-refractivity contribution in [2.45, 2.75) is 0 Å². The van der Waals surface area contributed by atoms with Crippen LogP contribution in [-0.4, -0.2) is 43.1 Å². The van der Waals surface area contributed by atoms with Crippen molar-refractivity contribution < 1.29 is 23.9 Å². The Hall–Kier alpha value is -3.16. The highest BCUT2D eigenvalue weighted by atomic mass is 16.5. The van der Waals surface area contributed by atoms with Gasteiger partial charge < -0.3 is 19.8 Å². The number of para-hydroxylation sites is 1. The first-order chi connectivity index (χ1) is 11.0. The number of benzene rings is 1. The second-order valence-electron chi connectivity index (χ2n) is 4.52. The Morgan fingerprint density at radius 2 is 1.96 bits per heavy atom. The molecule has 1 amide bonds. The van der Waals surface area contributed by atoms with Crippen LogP contribution in [0.5, 0.6) is 0 Å². The van der Waals surface area contributed by atoms with E-state index in [1.807, 2.05) is 0 Å². The molecule has 0 saturated heterocycles. The summed E-state index contributed by atoms with van der Waals surface area (Å²) in [5.41, 5.74) is 0.0954. The zero-order valence-electron chi connectivity index (χ0n) is 12.3. The zero-order chi connectivity index (χ0) is 16.8. The summed E-state index contributed by atoms with van der Waals surface area (Å²) in [4.78, 5) is 48.6. The highest BCUT2D eigenvalue weighted by Gasteiger charge is 2.15. The van der Waals surface area contributed by atoms with Crippen LogP contribution in [0.4, 0.5) is 0 Å². The Morgan fingerprint density at radius 3 is 2.70 bits per heavy atom. The zero-order valence-corrected chi connectivity index (χ0v) is 12.3. The van der Waals surface area contributed by atoms with Gasteiger partial charge in [-0.25, -0.2) is 4.79 Å². The number of carbonyl (C=O) groups is 3. The lowest BCUT2D eigenvalue weighted by molar-refractivity contribution is -0.141. The number of amides is 1. The van der Waals surface area contributed by atoms with E-state index in [0.717, 1.165) is 6.07 Å². The smallest absolute Gasteiger partial charge is 0.339 e. The average Bonchev–Trinajstić information content (AvgIpc) is 2.56. The van der Waals surface area contributed by atoms with Gasteiger partial charge in [0.1, 0.15) is 6.54 Å². The second-order valence-corrected chi connectivity index (χ2v) is 4.52. The Labute approximate surface area is 130 Å². The molecule has 0 fully saturated rings. The topological polar surface area (TPSA) is 115 Å². The first kappa shape index (κ1) is 16.2. The predicted octanol–water partition coefficient (Wildman–Crippen LogP) is -0.0259. The molecule has 0 aliphatic rings. The van der Waals surface area contributed by atoms with Gasteiger partial charge in [-0.3, -0.25) is 14.4 Å². The van der Waals surface area contributed by atoms with Crippen molar-refractivity contribution in [3.8, 4) is 0 Å². The molecule has 8 heteroatoms. The fourth-order valence-corrected chi connectivity index (χ4v) is 1.88. The fraction of sp³-hybridized carbons (Fsp3) is 0.200. The summed E-state index contributed by atoms with van der Waals surface area (Å²) in [5, 5.41) is 2.74. The van der Waals surface area contributed by atoms with Crippen molar-refractivity contribution in [2.75, 3.05) is 20.3 Å². The number of carbonyl (C=O) groups excluding carboxylic acids is 3. The van der Waals surface area contributed by atoms with Crippen LogP contribution in [0.3, 0.4) is 0 Å². The highest BCUT2D eigenvalue weighted by Crippen LogP contribution is 2.15. The van der Waals surface area contributed by atoms with E-state index in [9.17, 15) is 19.2 Å². The van der Waals surface area contributed by atoms with Crippen LogP contribution in [-0.2, 0) is 19.1 Å². The molecule has 0 atom stereocenters. The number of aromatic amines is 1. The lowest BCUT2D eigenvalue weighted by atomic mass is 10.1. The van der Waals surface area contributed by atoms with E-state index in [1.165, 1.54) is 7.11 Å². The van der Waals surface area contributed by atoms with E-state index in [2.05, 4.69) is 15.0 Å². The molecular formula is C15H14N2O6. The van der Waals surface area contributed by atoms with Crippen molar-refractivity contribution in [1.29, 1.82) is 0 Å². The third-order valence-corrected chi connectivity index (χ3v) is 2.96. The number of H-pyrrole nitrogens is 1. The van der Waals surface area contributed by atoms with Crippen molar-refractivity contribution in [3.63, 3.8) is 0 Å². The number of esters is 2. The van der Waals surface area contributed by atoms with Gasteiger partial charge in [0.25, 0.3) is 5.91 Å². The minimum atomic E-state index is -0.805. The highest BCUT2D eigenvalue weighted by molar-refractivity contribution is 6.03. The van der Waals surface area contributed by atoms with Crippen LogP contribution in [0.15, 0.2) is 35.1 Å². The molecule has 0 unspecified atom stereocenters. The van der Waals surface area contributed by atoms with E-state index in [0.29, 0.717) is 10.9 Å². The molecule has 2 aromatic rings. The number of hydrogen-bond acceptors (Lipinski definition) is 6. The van der Waals surface area contributed by atoms with Gasteiger partial charge in [-0.15, -0.1) is 0 Å². The largest absolute Gasteiger partial charge is 0.468 e. The summed E-state index contributed by atoms with van der Waals surface area (Å²) >= 11 is 0. The van der Waals surface area contributed by atoms with E-state index in [1.54, 1.807) is 24.3 Å². The molecule has 2 rings (SSSR count). The lowest BCUT2D eigenvalue weighted by Crippen LogP contribution is -2.33. The molecule has 23 heavy (non-hydrogen) atoms. The molecule has 0 spiro atoms. The van der Waals surface area contributed by atoms with Crippen LogP contribution in [0.2, 0.25) is 0 Å². The molecule has 0 bridgehead atoms. The molecule has 120 valence electrons. The minimum absolute atomic E-state index is 0.0603. The first-order valence-electron chi connectivity index (χ1n) is 6.64. The van der Waals surface area contributed by atoms with Crippen molar-refractivity contribution in [1.82, 2.24) is 10.3 Å². The molecule has 2 N–H and O–H groups in total. The summed E-state index contributed by atoms with van der Waals surface area (Å²) in [6, 6.07) is 7.83. The van der Waals surface area contributed by atoms with E-state index < -0.39 is 30.0 Å². The summed E-state index contributed by atoms with van der Waals surface area (Å²) in [6.07, 6.45) is 0. The molecule has 0 aliphatic carbocycles. The lowest BCUT2D eigenvalue weighted by Gasteiger charge is -2.07. The Morgan fingerprint density at radius 1 is 1.22 bits per heavy atom. The predicted molar refractivity (Wildman–Crippen MR) is 79.9 cm³/mol. The van der Waals surface area contributed by atoms with Gasteiger partial charge >= 0.3 is 11.9 Å². The van der Waals surface area contributed by atoms with Crippen LogP contribution < -0.4 is 10.9 Å². The number of hydrogen-bond donors (Lipinski definition) is 2. The van der Waals surface area contributed by atoms with Crippen molar-refractivity contribution in [3.05, 3.63) is 46.2 Å². The summed E-state index contributed by atoms with van der Waals surface area (Å²) < 4.78 is 9.22. The normalized spacial score (nSPS) is 10.1. The van der Waals surface area contributed by atoms with Gasteiger partial charge in [0.2, 0.25) is 5.56 Å². The van der Waals surface area contributed by atoms with Crippen molar-refractivity contribution in [2.24, 2.45) is 0 Å². The van der Waals surface area contributed by atoms with Gasteiger partial charge in [0.05, 0.1) is 12.7 Å². The summed E-state index contributed by atoms with van der Waals surface area (Å²) in [5.74, 6) is -2.08. The van der Waals surface area contributed by atoms with Gasteiger partial charge in [-0.1, -0.05) is 18.2 Å². The fourth-order valence-electron chi connectivity index (χ4n) is 1.88. The quantitative estimate of drug-likeness (QED) is 0.748. The molecule has 0 aliphatic heterocycles. The number of ether oxygens (including phenoxy) is 2. The standard InChI is InChI=1S/C15H14N2O6/c1-22-14(20)7-16-13(19)8-23-15(21)10-6-12(18)17-11-5-3-2-4-9(10)11/h2-6H,7-8H2,1H3,(H,16,19)(H,17,18). The van der Waals surface area contributed by atoms with Crippen molar-refractivity contribution >= 4 is 28.7 Å². The average molecular weight is 318 g/mol. The van der Waals surface area contributed by atoms with Crippen LogP contribution >= 0.6 is 0 Å². The van der Waals surface area contributed by atoms with Crippen LogP contribution in [0.25, 0.3) is 10.9 Å². The Kier molecular flexibility index (Phi) is 5.08. The number of pyridine rings is 1. The number of fused-ring (bicyclic) bond motifs is 1. The molecule has 0 radical (unpaired) electrons. The Balaban J connectivity index is 2.05. The van der Waals surface area contributed by atoms with Gasteiger partial charge in [0.15, 0.2) is 6.61 Å². The third-order valence-electron chi connectivity index (χ3n) is 2.96. The third kappa shape index (κ3) is 4.16. The van der Waals surface area contributed by atoms with Crippen LogP contribution in [0.1, 0.15) is 10.4 Å². The summed E-state index contributed by atoms with van der Waals surface area (Å²) in [6.45, 7) is -0.891. The van der Waals surface area contributed by atoms with E-state index in [-0.39, 0.29) is 12.1 Å². The van der Waals surface area contributed by atoms with Crippen LogP contribution in [0, 0.1) is 0 Å². The second kappa shape index (κ2) is 7.21. The Bertz CT molecular complexity index is 811. The molecule has 8 nitrogen and oxygen atoms in total.